The van der Waals surface area contributed by atoms with Crippen molar-refractivity contribution < 1.29 is 4.79 Å². The Hall–Kier alpha value is -2.29. The van der Waals surface area contributed by atoms with Gasteiger partial charge in [0.1, 0.15) is 0 Å². The zero-order valence-electron chi connectivity index (χ0n) is 13.3. The smallest absolute Gasteiger partial charge is 0.232 e. The summed E-state index contributed by atoms with van der Waals surface area (Å²) in [4.78, 5) is 14.8. The maximum absolute atomic E-state index is 12.9. The van der Waals surface area contributed by atoms with E-state index in [0.29, 0.717) is 6.54 Å². The summed E-state index contributed by atoms with van der Waals surface area (Å²) in [6.07, 6.45) is 0. The van der Waals surface area contributed by atoms with Crippen LogP contribution in [0, 0.1) is 5.41 Å². The number of nitrogens with zero attached hydrogens (tertiary/aromatic N) is 1. The van der Waals surface area contributed by atoms with Crippen LogP contribution in [-0.2, 0) is 4.79 Å². The standard InChI is InChI=1S/C19H22N2O/c1-19(2,3)18(22)21-13-16(14-9-5-4-6-10-14)20-15-11-7-8-12-17(15)21/h4-12,16,20H,13H2,1-3H3. The molecule has 3 heteroatoms. The number of benzene rings is 2. The fourth-order valence-electron chi connectivity index (χ4n) is 2.82. The molecule has 2 aromatic rings. The first-order valence-electron chi connectivity index (χ1n) is 7.69. The normalized spacial score (nSPS) is 17.6. The van der Waals surface area contributed by atoms with Crippen LogP contribution in [0.3, 0.4) is 0 Å². The topological polar surface area (TPSA) is 32.3 Å². The number of hydrogen-bond donors (Lipinski definition) is 1. The van der Waals surface area contributed by atoms with Gasteiger partial charge in [0.15, 0.2) is 0 Å². The Morgan fingerprint density at radius 1 is 1.05 bits per heavy atom. The van der Waals surface area contributed by atoms with Crippen LogP contribution >= 0.6 is 0 Å². The molecule has 0 fully saturated rings. The molecule has 0 aliphatic carbocycles. The number of hydrogen-bond acceptors (Lipinski definition) is 2. The third-order valence-corrected chi connectivity index (χ3v) is 3.98. The van der Waals surface area contributed by atoms with Crippen LogP contribution in [0.2, 0.25) is 0 Å². The lowest BCUT2D eigenvalue weighted by Crippen LogP contribution is -2.45. The van der Waals surface area contributed by atoms with Gasteiger partial charge in [-0.25, -0.2) is 0 Å². The molecule has 0 aromatic heterocycles. The van der Waals surface area contributed by atoms with Crippen LogP contribution in [-0.4, -0.2) is 12.5 Å². The molecular weight excluding hydrogens is 272 g/mol. The van der Waals surface area contributed by atoms with Gasteiger partial charge in [0.25, 0.3) is 0 Å². The van der Waals surface area contributed by atoms with Crippen molar-refractivity contribution in [2.24, 2.45) is 5.41 Å². The molecule has 0 spiro atoms. The minimum atomic E-state index is -0.397. The highest BCUT2D eigenvalue weighted by atomic mass is 16.2. The predicted molar refractivity (Wildman–Crippen MR) is 91.1 cm³/mol. The molecule has 0 radical (unpaired) electrons. The Morgan fingerprint density at radius 2 is 1.68 bits per heavy atom. The molecule has 0 saturated carbocycles. The number of fused-ring (bicyclic) bond motifs is 1. The average Bonchev–Trinajstić information content (AvgIpc) is 2.53. The lowest BCUT2D eigenvalue weighted by Gasteiger charge is -2.39. The van der Waals surface area contributed by atoms with E-state index in [2.05, 4.69) is 17.4 Å². The van der Waals surface area contributed by atoms with E-state index in [1.165, 1.54) is 5.56 Å². The van der Waals surface area contributed by atoms with Gasteiger partial charge in [-0.15, -0.1) is 0 Å². The zero-order chi connectivity index (χ0) is 15.7. The molecule has 1 N–H and O–H groups in total. The van der Waals surface area contributed by atoms with Crippen molar-refractivity contribution in [2.75, 3.05) is 16.8 Å². The van der Waals surface area contributed by atoms with Gasteiger partial charge in [-0.1, -0.05) is 63.2 Å². The van der Waals surface area contributed by atoms with Crippen molar-refractivity contribution in [2.45, 2.75) is 26.8 Å². The second-order valence-electron chi connectivity index (χ2n) is 6.79. The third kappa shape index (κ3) is 2.71. The van der Waals surface area contributed by atoms with E-state index < -0.39 is 5.41 Å². The molecule has 0 saturated heterocycles. The molecule has 1 unspecified atom stereocenters. The van der Waals surface area contributed by atoms with Crippen LogP contribution < -0.4 is 10.2 Å². The number of rotatable bonds is 1. The van der Waals surface area contributed by atoms with Crippen molar-refractivity contribution in [3.8, 4) is 0 Å². The Kier molecular flexibility index (Phi) is 3.65. The van der Waals surface area contributed by atoms with E-state index in [9.17, 15) is 4.79 Å². The minimum Gasteiger partial charge on any atom is -0.375 e. The van der Waals surface area contributed by atoms with Gasteiger partial charge in [-0.05, 0) is 17.7 Å². The molecule has 1 aliphatic rings. The summed E-state index contributed by atoms with van der Waals surface area (Å²) in [5.74, 6) is 0.155. The highest BCUT2D eigenvalue weighted by Crippen LogP contribution is 2.37. The first-order chi connectivity index (χ1) is 10.5. The van der Waals surface area contributed by atoms with E-state index in [1.807, 2.05) is 68.1 Å². The quantitative estimate of drug-likeness (QED) is 0.853. The van der Waals surface area contributed by atoms with Gasteiger partial charge < -0.3 is 10.2 Å². The second-order valence-corrected chi connectivity index (χ2v) is 6.79. The lowest BCUT2D eigenvalue weighted by molar-refractivity contribution is -0.125. The molecule has 2 aromatic carbocycles. The van der Waals surface area contributed by atoms with Gasteiger partial charge >= 0.3 is 0 Å². The van der Waals surface area contributed by atoms with E-state index in [-0.39, 0.29) is 11.9 Å². The van der Waals surface area contributed by atoms with E-state index in [0.717, 1.165) is 11.4 Å². The Bertz CT molecular complexity index is 673. The number of nitrogens with one attached hydrogen (secondary N) is 1. The molecule has 1 atom stereocenters. The van der Waals surface area contributed by atoms with Crippen LogP contribution in [0.25, 0.3) is 0 Å². The zero-order valence-corrected chi connectivity index (χ0v) is 13.3. The summed E-state index contributed by atoms with van der Waals surface area (Å²) in [7, 11) is 0. The van der Waals surface area contributed by atoms with Crippen molar-refractivity contribution in [3.63, 3.8) is 0 Å². The van der Waals surface area contributed by atoms with Gasteiger partial charge in [0, 0.05) is 5.41 Å². The molecule has 22 heavy (non-hydrogen) atoms. The summed E-state index contributed by atoms with van der Waals surface area (Å²) in [6.45, 7) is 6.56. The summed E-state index contributed by atoms with van der Waals surface area (Å²) >= 11 is 0. The third-order valence-electron chi connectivity index (χ3n) is 3.98. The van der Waals surface area contributed by atoms with Gasteiger partial charge in [0.2, 0.25) is 5.91 Å². The maximum atomic E-state index is 12.9. The first-order valence-corrected chi connectivity index (χ1v) is 7.69. The number of anilines is 2. The van der Waals surface area contributed by atoms with Crippen molar-refractivity contribution in [3.05, 3.63) is 60.2 Å². The molecule has 3 rings (SSSR count). The van der Waals surface area contributed by atoms with Crippen molar-refractivity contribution >= 4 is 17.3 Å². The molecular formula is C19H22N2O. The first kappa shape index (κ1) is 14.6. The van der Waals surface area contributed by atoms with Crippen LogP contribution in [0.15, 0.2) is 54.6 Å². The number of carbonyl (C=O) groups is 1. The SMILES string of the molecule is CC(C)(C)C(=O)N1CC(c2ccccc2)Nc2ccccc21. The molecule has 1 amide bonds. The fraction of sp³-hybridized carbons (Fsp3) is 0.316. The average molecular weight is 294 g/mol. The Labute approximate surface area is 132 Å². The van der Waals surface area contributed by atoms with Crippen molar-refractivity contribution in [1.29, 1.82) is 0 Å². The summed E-state index contributed by atoms with van der Waals surface area (Å²) in [5, 5.41) is 3.56. The number of para-hydroxylation sites is 2. The molecule has 1 heterocycles. The van der Waals surface area contributed by atoms with E-state index in [4.69, 9.17) is 0 Å². The number of carbonyl (C=O) groups excluding carboxylic acids is 1. The van der Waals surface area contributed by atoms with Crippen LogP contribution in [0.5, 0.6) is 0 Å². The highest BCUT2D eigenvalue weighted by molar-refractivity contribution is 6.00. The second kappa shape index (κ2) is 5.48. The Balaban J connectivity index is 2.00. The monoisotopic (exact) mass is 294 g/mol. The maximum Gasteiger partial charge on any atom is 0.232 e. The molecule has 1 aliphatic heterocycles. The largest absolute Gasteiger partial charge is 0.375 e. The van der Waals surface area contributed by atoms with Gasteiger partial charge in [-0.3, -0.25) is 4.79 Å². The minimum absolute atomic E-state index is 0.113. The Morgan fingerprint density at radius 3 is 2.36 bits per heavy atom. The summed E-state index contributed by atoms with van der Waals surface area (Å²) < 4.78 is 0. The lowest BCUT2D eigenvalue weighted by atomic mass is 9.92. The van der Waals surface area contributed by atoms with Crippen molar-refractivity contribution in [1.82, 2.24) is 0 Å². The highest BCUT2D eigenvalue weighted by Gasteiger charge is 2.34. The van der Waals surface area contributed by atoms with Crippen LogP contribution in [0.4, 0.5) is 11.4 Å². The molecule has 114 valence electrons. The van der Waals surface area contributed by atoms with E-state index in [1.54, 1.807) is 0 Å². The molecule has 0 bridgehead atoms. The predicted octanol–water partition coefficient (Wildman–Crippen LogP) is 4.23. The van der Waals surface area contributed by atoms with Crippen LogP contribution in [0.1, 0.15) is 32.4 Å². The molecule has 3 nitrogen and oxygen atoms in total. The fourth-order valence-corrected chi connectivity index (χ4v) is 2.82. The summed E-state index contributed by atoms with van der Waals surface area (Å²) in [6, 6.07) is 18.4. The van der Waals surface area contributed by atoms with E-state index >= 15 is 0 Å². The summed E-state index contributed by atoms with van der Waals surface area (Å²) in [5.41, 5.74) is 2.78. The van der Waals surface area contributed by atoms with Gasteiger partial charge in [0.05, 0.1) is 24.0 Å². The number of amides is 1. The van der Waals surface area contributed by atoms with Gasteiger partial charge in [-0.2, -0.15) is 0 Å².